The van der Waals surface area contributed by atoms with Crippen LogP contribution in [0.5, 0.6) is 0 Å². The molecule has 0 aliphatic heterocycles. The molecule has 4 nitrogen and oxygen atoms in total. The molecule has 1 heterocycles. The van der Waals surface area contributed by atoms with Gasteiger partial charge in [0.1, 0.15) is 0 Å². The summed E-state index contributed by atoms with van der Waals surface area (Å²) in [6.45, 7) is 11.7. The Labute approximate surface area is 121 Å². The van der Waals surface area contributed by atoms with Crippen LogP contribution in [0.1, 0.15) is 39.1 Å². The second-order valence-corrected chi connectivity index (χ2v) is 5.57. The third-order valence-electron chi connectivity index (χ3n) is 3.32. The molecule has 0 aliphatic rings. The van der Waals surface area contributed by atoms with Gasteiger partial charge in [-0.15, -0.1) is 0 Å². The number of aromatic nitrogens is 2. The molecule has 0 radical (unpaired) electrons. The van der Waals surface area contributed by atoms with Crippen LogP contribution >= 0.6 is 11.6 Å². The summed E-state index contributed by atoms with van der Waals surface area (Å²) in [7, 11) is 0. The van der Waals surface area contributed by atoms with Gasteiger partial charge in [0.15, 0.2) is 0 Å². The zero-order valence-electron chi connectivity index (χ0n) is 12.6. The molecule has 2 N–H and O–H groups in total. The van der Waals surface area contributed by atoms with Gasteiger partial charge in [0.25, 0.3) is 0 Å². The third-order valence-corrected chi connectivity index (χ3v) is 3.81. The van der Waals surface area contributed by atoms with Crippen molar-refractivity contribution in [1.82, 2.24) is 9.78 Å². The summed E-state index contributed by atoms with van der Waals surface area (Å²) in [4.78, 5) is 0. The van der Waals surface area contributed by atoms with E-state index in [-0.39, 0.29) is 12.1 Å². The molecule has 2 atom stereocenters. The monoisotopic (exact) mass is 287 g/mol. The highest BCUT2D eigenvalue weighted by Crippen LogP contribution is 2.23. The van der Waals surface area contributed by atoms with Gasteiger partial charge in [-0.25, -0.2) is 0 Å². The Morgan fingerprint density at radius 1 is 1.37 bits per heavy atom. The van der Waals surface area contributed by atoms with Gasteiger partial charge in [-0.2, -0.15) is 5.10 Å². The molecule has 110 valence electrons. The molecule has 1 aromatic heterocycles. The molecular weight excluding hydrogens is 262 g/mol. The van der Waals surface area contributed by atoms with Crippen LogP contribution in [0.3, 0.4) is 0 Å². The fraction of sp³-hybridized carbons (Fsp3) is 0.786. The van der Waals surface area contributed by atoms with Crippen molar-refractivity contribution < 1.29 is 4.74 Å². The van der Waals surface area contributed by atoms with Crippen molar-refractivity contribution in [2.24, 2.45) is 11.7 Å². The zero-order chi connectivity index (χ0) is 14.6. The van der Waals surface area contributed by atoms with E-state index in [1.165, 1.54) is 0 Å². The molecule has 0 bridgehead atoms. The summed E-state index contributed by atoms with van der Waals surface area (Å²) >= 11 is 6.32. The SMILES string of the molecule is CCOC(C(C)C)C(N)Cc1c(Cl)c(C)nn1CC. The molecule has 1 rings (SSSR count). The average molecular weight is 288 g/mol. The van der Waals surface area contributed by atoms with Crippen molar-refractivity contribution in [2.75, 3.05) is 6.61 Å². The summed E-state index contributed by atoms with van der Waals surface area (Å²) < 4.78 is 7.69. The lowest BCUT2D eigenvalue weighted by Crippen LogP contribution is -2.42. The van der Waals surface area contributed by atoms with E-state index in [1.54, 1.807) is 0 Å². The molecular formula is C14H26ClN3O. The van der Waals surface area contributed by atoms with Crippen molar-refractivity contribution in [2.45, 2.75) is 59.7 Å². The highest BCUT2D eigenvalue weighted by molar-refractivity contribution is 6.31. The van der Waals surface area contributed by atoms with E-state index in [4.69, 9.17) is 22.1 Å². The fourth-order valence-corrected chi connectivity index (χ4v) is 2.62. The smallest absolute Gasteiger partial charge is 0.0847 e. The lowest BCUT2D eigenvalue weighted by atomic mass is 9.96. The Bertz CT molecular complexity index is 404. The zero-order valence-corrected chi connectivity index (χ0v) is 13.4. The lowest BCUT2D eigenvalue weighted by Gasteiger charge is -2.27. The maximum Gasteiger partial charge on any atom is 0.0847 e. The van der Waals surface area contributed by atoms with Crippen LogP contribution in [0.2, 0.25) is 5.02 Å². The number of nitrogens with zero attached hydrogens (tertiary/aromatic N) is 2. The van der Waals surface area contributed by atoms with Gasteiger partial charge in [-0.05, 0) is 26.7 Å². The molecule has 2 unspecified atom stereocenters. The molecule has 0 spiro atoms. The van der Waals surface area contributed by atoms with E-state index in [0.717, 1.165) is 23.0 Å². The number of ether oxygens (including phenoxy) is 1. The Hall–Kier alpha value is -0.580. The van der Waals surface area contributed by atoms with Gasteiger partial charge in [-0.1, -0.05) is 25.4 Å². The predicted octanol–water partition coefficient (Wildman–Crippen LogP) is 2.80. The van der Waals surface area contributed by atoms with E-state index in [9.17, 15) is 0 Å². The number of hydrogen-bond acceptors (Lipinski definition) is 3. The second-order valence-electron chi connectivity index (χ2n) is 5.19. The van der Waals surface area contributed by atoms with Gasteiger partial charge in [-0.3, -0.25) is 4.68 Å². The van der Waals surface area contributed by atoms with Crippen molar-refractivity contribution >= 4 is 11.6 Å². The molecule has 0 saturated carbocycles. The third kappa shape index (κ3) is 3.94. The minimum Gasteiger partial charge on any atom is -0.377 e. The van der Waals surface area contributed by atoms with E-state index >= 15 is 0 Å². The highest BCUT2D eigenvalue weighted by Gasteiger charge is 2.25. The lowest BCUT2D eigenvalue weighted by molar-refractivity contribution is 0.0124. The summed E-state index contributed by atoms with van der Waals surface area (Å²) in [6.07, 6.45) is 0.734. The van der Waals surface area contributed by atoms with Gasteiger partial charge in [0.2, 0.25) is 0 Å². The molecule has 5 heteroatoms. The topological polar surface area (TPSA) is 53.1 Å². The van der Waals surface area contributed by atoms with Crippen LogP contribution in [0.15, 0.2) is 0 Å². The fourth-order valence-electron chi connectivity index (χ4n) is 2.41. The molecule has 0 aliphatic carbocycles. The predicted molar refractivity (Wildman–Crippen MR) is 79.6 cm³/mol. The van der Waals surface area contributed by atoms with Crippen LogP contribution in [-0.2, 0) is 17.7 Å². The van der Waals surface area contributed by atoms with E-state index in [0.29, 0.717) is 18.9 Å². The van der Waals surface area contributed by atoms with Gasteiger partial charge in [0, 0.05) is 25.6 Å². The first-order chi connectivity index (χ1) is 8.92. The largest absolute Gasteiger partial charge is 0.377 e. The first-order valence-electron chi connectivity index (χ1n) is 7.01. The van der Waals surface area contributed by atoms with Crippen molar-refractivity contribution in [3.05, 3.63) is 16.4 Å². The standard InChI is InChI=1S/C14H26ClN3O/c1-6-18-12(13(15)10(5)17-18)8-11(16)14(9(3)4)19-7-2/h9,11,14H,6-8,16H2,1-5H3. The molecule has 0 fully saturated rings. The first-order valence-corrected chi connectivity index (χ1v) is 7.39. The molecule has 0 saturated heterocycles. The maximum atomic E-state index is 6.32. The van der Waals surface area contributed by atoms with Gasteiger partial charge >= 0.3 is 0 Å². The van der Waals surface area contributed by atoms with Crippen molar-refractivity contribution in [3.63, 3.8) is 0 Å². The highest BCUT2D eigenvalue weighted by atomic mass is 35.5. The number of aryl methyl sites for hydroxylation is 2. The van der Waals surface area contributed by atoms with E-state index in [2.05, 4.69) is 25.9 Å². The van der Waals surface area contributed by atoms with Crippen LogP contribution < -0.4 is 5.73 Å². The Morgan fingerprint density at radius 2 is 2.00 bits per heavy atom. The quantitative estimate of drug-likeness (QED) is 0.839. The second kappa shape index (κ2) is 7.27. The summed E-state index contributed by atoms with van der Waals surface area (Å²) in [5, 5.41) is 5.15. The summed E-state index contributed by atoms with van der Waals surface area (Å²) in [6, 6.07) is -0.0705. The van der Waals surface area contributed by atoms with E-state index in [1.807, 2.05) is 18.5 Å². The summed E-state index contributed by atoms with van der Waals surface area (Å²) in [5.41, 5.74) is 8.19. The van der Waals surface area contributed by atoms with E-state index < -0.39 is 0 Å². The maximum absolute atomic E-state index is 6.32. The molecule has 0 amide bonds. The molecule has 19 heavy (non-hydrogen) atoms. The van der Waals surface area contributed by atoms with Crippen LogP contribution in [0.25, 0.3) is 0 Å². The number of nitrogens with two attached hydrogens (primary N) is 1. The molecule has 0 aromatic carbocycles. The van der Waals surface area contributed by atoms with Crippen molar-refractivity contribution in [3.8, 4) is 0 Å². The minimum atomic E-state index is -0.0705. The Morgan fingerprint density at radius 3 is 2.47 bits per heavy atom. The van der Waals surface area contributed by atoms with Gasteiger partial charge in [0.05, 0.1) is 22.5 Å². The van der Waals surface area contributed by atoms with Gasteiger partial charge < -0.3 is 10.5 Å². The normalized spacial score (nSPS) is 14.9. The summed E-state index contributed by atoms with van der Waals surface area (Å²) in [5.74, 6) is 0.382. The first kappa shape index (κ1) is 16.5. The average Bonchev–Trinajstić information content (AvgIpc) is 2.63. The Kier molecular flexibility index (Phi) is 6.30. The number of rotatable bonds is 7. The van der Waals surface area contributed by atoms with Crippen LogP contribution in [0, 0.1) is 12.8 Å². The number of halogens is 1. The minimum absolute atomic E-state index is 0.0431. The molecule has 1 aromatic rings. The number of hydrogen-bond donors (Lipinski definition) is 1. The van der Waals surface area contributed by atoms with Crippen molar-refractivity contribution in [1.29, 1.82) is 0 Å². The van der Waals surface area contributed by atoms with Crippen LogP contribution in [-0.4, -0.2) is 28.5 Å². The Balaban J connectivity index is 2.88. The van der Waals surface area contributed by atoms with Crippen LogP contribution in [0.4, 0.5) is 0 Å².